The Bertz CT molecular complexity index is 830. The smallest absolute Gasteiger partial charge is 0.282 e. The van der Waals surface area contributed by atoms with Gasteiger partial charge in [0.05, 0.1) is 24.2 Å². The van der Waals surface area contributed by atoms with E-state index in [9.17, 15) is 9.59 Å². The number of carbonyl (C=O) groups is 2. The molecule has 3 N–H and O–H groups in total. The number of benzene rings is 2. The van der Waals surface area contributed by atoms with Crippen molar-refractivity contribution in [2.24, 2.45) is 0 Å². The van der Waals surface area contributed by atoms with Crippen molar-refractivity contribution in [1.82, 2.24) is 0 Å². The van der Waals surface area contributed by atoms with Crippen LogP contribution in [0.1, 0.15) is 6.92 Å². The highest BCUT2D eigenvalue weighted by molar-refractivity contribution is 6.42. The van der Waals surface area contributed by atoms with Gasteiger partial charge in [0.15, 0.2) is 12.6 Å². The van der Waals surface area contributed by atoms with Gasteiger partial charge < -0.3 is 20.3 Å². The van der Waals surface area contributed by atoms with Crippen LogP contribution in [-0.4, -0.2) is 38.6 Å². The molecule has 0 fully saturated rings. The average Bonchev–Trinajstić information content (AvgIpc) is 2.64. The van der Waals surface area contributed by atoms with Crippen molar-refractivity contribution in [2.45, 2.75) is 13.0 Å². The summed E-state index contributed by atoms with van der Waals surface area (Å²) in [4.78, 5) is 25.4. The SMILES string of the molecule is COc1cccc(NC(=O)[C@H](C)[NH+](C)CC(=O)Nc2ccc(Cl)c(Cl)c2)c1. The van der Waals surface area contributed by atoms with Gasteiger partial charge in [0.2, 0.25) is 0 Å². The maximum Gasteiger partial charge on any atom is 0.282 e. The zero-order valence-electron chi connectivity index (χ0n) is 15.3. The molecule has 0 bridgehead atoms. The predicted octanol–water partition coefficient (Wildman–Crippen LogP) is 2.48. The van der Waals surface area contributed by atoms with Crippen LogP contribution in [0.3, 0.4) is 0 Å². The van der Waals surface area contributed by atoms with Gasteiger partial charge in [-0.25, -0.2) is 0 Å². The van der Waals surface area contributed by atoms with Gasteiger partial charge in [0.1, 0.15) is 5.75 Å². The third kappa shape index (κ3) is 6.13. The number of hydrogen-bond donors (Lipinski definition) is 3. The lowest BCUT2D eigenvalue weighted by molar-refractivity contribution is -0.885. The standard InChI is InChI=1S/C19H21Cl2N3O3/c1-12(19(26)23-13-5-4-6-15(9-13)27-3)24(2)11-18(25)22-14-7-8-16(20)17(21)10-14/h4-10,12H,11H2,1-3H3,(H,22,25)(H,23,26)/p+1/t12-/m0/s1. The molecule has 8 heteroatoms. The molecular weight excluding hydrogens is 389 g/mol. The van der Waals surface area contributed by atoms with E-state index in [1.807, 2.05) is 0 Å². The highest BCUT2D eigenvalue weighted by atomic mass is 35.5. The van der Waals surface area contributed by atoms with E-state index in [0.29, 0.717) is 27.2 Å². The summed E-state index contributed by atoms with van der Waals surface area (Å²) in [6.45, 7) is 1.88. The van der Waals surface area contributed by atoms with Gasteiger partial charge in [-0.1, -0.05) is 29.3 Å². The molecule has 0 aliphatic rings. The zero-order chi connectivity index (χ0) is 20.0. The molecule has 0 aliphatic carbocycles. The fourth-order valence-corrected chi connectivity index (χ4v) is 2.66. The summed E-state index contributed by atoms with van der Waals surface area (Å²) < 4.78 is 5.14. The second-order valence-corrected chi connectivity index (χ2v) is 6.96. The third-order valence-electron chi connectivity index (χ3n) is 4.11. The van der Waals surface area contributed by atoms with E-state index in [0.717, 1.165) is 4.90 Å². The number of halogens is 2. The van der Waals surface area contributed by atoms with E-state index in [1.165, 1.54) is 0 Å². The normalized spacial score (nSPS) is 12.8. The Morgan fingerprint density at radius 3 is 2.44 bits per heavy atom. The number of hydrogen-bond acceptors (Lipinski definition) is 3. The number of amides is 2. The van der Waals surface area contributed by atoms with Gasteiger partial charge in [-0.15, -0.1) is 0 Å². The van der Waals surface area contributed by atoms with Gasteiger partial charge in [0.25, 0.3) is 11.8 Å². The van der Waals surface area contributed by atoms with Crippen LogP contribution < -0.4 is 20.3 Å². The number of rotatable bonds is 7. The van der Waals surface area contributed by atoms with Gasteiger partial charge in [0, 0.05) is 17.4 Å². The lowest BCUT2D eigenvalue weighted by Crippen LogP contribution is -3.14. The van der Waals surface area contributed by atoms with Crippen LogP contribution in [-0.2, 0) is 9.59 Å². The number of quaternary nitrogens is 1. The van der Waals surface area contributed by atoms with Gasteiger partial charge in [-0.3, -0.25) is 9.59 Å². The topological polar surface area (TPSA) is 71.9 Å². The van der Waals surface area contributed by atoms with E-state index in [1.54, 1.807) is 63.5 Å². The quantitative estimate of drug-likeness (QED) is 0.656. The largest absolute Gasteiger partial charge is 0.497 e. The number of likely N-dealkylation sites (N-methyl/N-ethyl adjacent to an activating group) is 1. The number of methoxy groups -OCH3 is 1. The number of ether oxygens (including phenoxy) is 1. The fraction of sp³-hybridized carbons (Fsp3) is 0.263. The Balaban J connectivity index is 1.91. The molecule has 0 saturated heterocycles. The van der Waals surface area contributed by atoms with E-state index in [2.05, 4.69) is 10.6 Å². The molecule has 2 aromatic carbocycles. The molecular formula is C19H22Cl2N3O3+. The molecule has 2 rings (SSSR count). The molecule has 0 aliphatic heterocycles. The Kier molecular flexibility index (Phi) is 7.47. The van der Waals surface area contributed by atoms with Crippen molar-refractivity contribution in [3.8, 4) is 5.75 Å². The summed E-state index contributed by atoms with van der Waals surface area (Å²) in [5.74, 6) is 0.233. The highest BCUT2D eigenvalue weighted by Gasteiger charge is 2.24. The first-order valence-electron chi connectivity index (χ1n) is 8.32. The summed E-state index contributed by atoms with van der Waals surface area (Å²) in [5, 5.41) is 6.36. The number of anilines is 2. The Morgan fingerprint density at radius 2 is 1.78 bits per heavy atom. The van der Waals surface area contributed by atoms with Crippen LogP contribution in [0.2, 0.25) is 10.0 Å². The van der Waals surface area contributed by atoms with Gasteiger partial charge in [-0.05, 0) is 37.3 Å². The highest BCUT2D eigenvalue weighted by Crippen LogP contribution is 2.24. The van der Waals surface area contributed by atoms with Crippen molar-refractivity contribution in [1.29, 1.82) is 0 Å². The summed E-state index contributed by atoms with van der Waals surface area (Å²) in [7, 11) is 3.35. The predicted molar refractivity (Wildman–Crippen MR) is 108 cm³/mol. The van der Waals surface area contributed by atoms with Crippen molar-refractivity contribution in [2.75, 3.05) is 31.3 Å². The minimum absolute atomic E-state index is 0.118. The molecule has 0 aromatic heterocycles. The van der Waals surface area contributed by atoms with E-state index < -0.39 is 6.04 Å². The van der Waals surface area contributed by atoms with E-state index in [4.69, 9.17) is 27.9 Å². The van der Waals surface area contributed by atoms with Crippen LogP contribution >= 0.6 is 23.2 Å². The van der Waals surface area contributed by atoms with Crippen molar-refractivity contribution in [3.05, 3.63) is 52.5 Å². The monoisotopic (exact) mass is 410 g/mol. The van der Waals surface area contributed by atoms with Gasteiger partial charge >= 0.3 is 0 Å². The van der Waals surface area contributed by atoms with E-state index in [-0.39, 0.29) is 18.4 Å². The average molecular weight is 411 g/mol. The molecule has 2 aromatic rings. The number of carbonyl (C=O) groups excluding carboxylic acids is 2. The second-order valence-electron chi connectivity index (χ2n) is 6.14. The van der Waals surface area contributed by atoms with Crippen molar-refractivity contribution in [3.63, 3.8) is 0 Å². The maximum absolute atomic E-state index is 12.4. The first-order valence-corrected chi connectivity index (χ1v) is 9.08. The fourth-order valence-electron chi connectivity index (χ4n) is 2.36. The Hall–Kier alpha value is -2.28. The first-order chi connectivity index (χ1) is 12.8. The molecule has 0 heterocycles. The minimum atomic E-state index is -0.434. The van der Waals surface area contributed by atoms with Crippen molar-refractivity contribution < 1.29 is 19.2 Å². The Labute approximate surface area is 168 Å². The lowest BCUT2D eigenvalue weighted by Gasteiger charge is -2.20. The van der Waals surface area contributed by atoms with Crippen molar-refractivity contribution >= 4 is 46.4 Å². The molecule has 0 radical (unpaired) electrons. The van der Waals surface area contributed by atoms with E-state index >= 15 is 0 Å². The van der Waals surface area contributed by atoms with Crippen LogP contribution in [0.4, 0.5) is 11.4 Å². The molecule has 0 spiro atoms. The summed E-state index contributed by atoms with van der Waals surface area (Å²) >= 11 is 11.8. The van der Waals surface area contributed by atoms with Crippen LogP contribution in [0.5, 0.6) is 5.75 Å². The van der Waals surface area contributed by atoms with Gasteiger partial charge in [-0.2, -0.15) is 0 Å². The van der Waals surface area contributed by atoms with Crippen LogP contribution in [0.15, 0.2) is 42.5 Å². The second kappa shape index (κ2) is 9.60. The lowest BCUT2D eigenvalue weighted by atomic mass is 10.2. The minimum Gasteiger partial charge on any atom is -0.497 e. The summed E-state index contributed by atoms with van der Waals surface area (Å²) in [6.07, 6.45) is 0. The molecule has 2 amide bonds. The molecule has 2 atom stereocenters. The summed E-state index contributed by atoms with van der Waals surface area (Å²) in [5.41, 5.74) is 1.19. The molecule has 144 valence electrons. The molecule has 1 unspecified atom stereocenters. The zero-order valence-corrected chi connectivity index (χ0v) is 16.8. The van der Waals surface area contributed by atoms with Crippen LogP contribution in [0.25, 0.3) is 0 Å². The summed E-state index contributed by atoms with van der Waals surface area (Å²) in [6, 6.07) is 11.5. The molecule has 0 saturated carbocycles. The maximum atomic E-state index is 12.4. The van der Waals surface area contributed by atoms with Crippen LogP contribution in [0, 0.1) is 0 Å². The molecule has 27 heavy (non-hydrogen) atoms. The third-order valence-corrected chi connectivity index (χ3v) is 4.85. The number of nitrogens with one attached hydrogen (secondary N) is 3. The Morgan fingerprint density at radius 1 is 1.07 bits per heavy atom. The first kappa shape index (κ1) is 21.0. The molecule has 6 nitrogen and oxygen atoms in total.